The van der Waals surface area contributed by atoms with E-state index >= 15 is 9.59 Å². The van der Waals surface area contributed by atoms with Crippen LogP contribution in [0.5, 0.6) is 5.75 Å². The zero-order valence-electron chi connectivity index (χ0n) is 46.7. The molecule has 2 bridgehead atoms. The van der Waals surface area contributed by atoms with Gasteiger partial charge in [0.15, 0.2) is 12.2 Å². The SMILES string of the molecule is COC[C@@H](CCO)c1c(CO)c2ccc3c(c2oc1=O)[C@H]1OC(=O)C[C@H]2C[C@@H](c4cccc(C5(c6ccccc6)CCCC5)c4)C=C[C@H]2c2ccc(cc2)CC/C(=C(\C)CO)C(=O)O[C@@H]1[C@](C)([C@@H]1C[C@@H]2C=Cc4ccccc4[C@@H]2C1)O3. The minimum absolute atomic E-state index is 0.000958. The first kappa shape index (κ1) is 54.7. The largest absolute Gasteiger partial charge is 0.483 e. The Morgan fingerprint density at radius 2 is 1.57 bits per heavy atom. The number of fused-ring (bicyclic) bond motifs is 14. The highest BCUT2D eigenvalue weighted by Gasteiger charge is 2.59. The predicted octanol–water partition coefficient (Wildman–Crippen LogP) is 12.5. The van der Waals surface area contributed by atoms with Crippen LogP contribution in [0.4, 0.5) is 0 Å². The first-order chi connectivity index (χ1) is 39.4. The van der Waals surface area contributed by atoms with Gasteiger partial charge in [-0.25, -0.2) is 9.59 Å². The Labute approximate surface area is 474 Å². The third kappa shape index (κ3) is 10.0. The first-order valence-electron chi connectivity index (χ1n) is 29.4. The molecule has 5 aromatic carbocycles. The molecule has 11 nitrogen and oxygen atoms in total. The Bertz CT molecular complexity index is 3470. The number of aliphatic hydroxyl groups is 3. The average molecular weight is 1090 g/mol. The number of hydrogen-bond donors (Lipinski definition) is 3. The third-order valence-electron chi connectivity index (χ3n) is 19.6. The molecule has 2 fully saturated rings. The molecule has 13 rings (SSSR count). The molecule has 4 aliphatic carbocycles. The Morgan fingerprint density at radius 3 is 2.33 bits per heavy atom. The maximum atomic E-state index is 15.7. The molecule has 0 amide bonds. The summed E-state index contributed by atoms with van der Waals surface area (Å²) >= 11 is 0. The average Bonchev–Trinajstić information content (AvgIpc) is 4.30. The van der Waals surface area contributed by atoms with Crippen LogP contribution >= 0.6 is 0 Å². The molecule has 0 saturated heterocycles. The maximum absolute atomic E-state index is 15.7. The van der Waals surface area contributed by atoms with Crippen molar-refractivity contribution in [3.05, 3.63) is 211 Å². The molecule has 2 saturated carbocycles. The molecule has 6 aromatic rings. The molecule has 4 heterocycles. The summed E-state index contributed by atoms with van der Waals surface area (Å²) in [5.74, 6) is -1.81. The van der Waals surface area contributed by atoms with Crippen molar-refractivity contribution in [3.8, 4) is 5.75 Å². The second kappa shape index (κ2) is 22.8. The number of aliphatic hydroxyl groups excluding tert-OH is 3. The van der Waals surface area contributed by atoms with Crippen LogP contribution in [0.15, 0.2) is 154 Å². The Kier molecular flexibility index (Phi) is 15.4. The highest BCUT2D eigenvalue weighted by Crippen LogP contribution is 2.58. The highest BCUT2D eigenvalue weighted by molar-refractivity contribution is 5.90. The van der Waals surface area contributed by atoms with Crippen molar-refractivity contribution < 1.29 is 48.3 Å². The fraction of sp³-hybridized carbons (Fsp3) is 0.414. The van der Waals surface area contributed by atoms with Crippen LogP contribution in [0, 0.1) is 17.8 Å². The van der Waals surface area contributed by atoms with E-state index in [4.69, 9.17) is 23.4 Å². The molecule has 81 heavy (non-hydrogen) atoms. The van der Waals surface area contributed by atoms with E-state index in [1.165, 1.54) is 42.2 Å². The topological polar surface area (TPSA) is 162 Å². The van der Waals surface area contributed by atoms with Gasteiger partial charge in [-0.05, 0) is 145 Å². The number of ether oxygens (including phenoxy) is 4. The third-order valence-corrected chi connectivity index (χ3v) is 19.6. The quantitative estimate of drug-likeness (QED) is 0.0490. The number of aryl methyl sites for hydroxylation is 1. The predicted molar refractivity (Wildman–Crippen MR) is 311 cm³/mol. The molecule has 3 N–H and O–H groups in total. The van der Waals surface area contributed by atoms with Gasteiger partial charge in [-0.15, -0.1) is 0 Å². The van der Waals surface area contributed by atoms with E-state index in [2.05, 4.69) is 121 Å². The van der Waals surface area contributed by atoms with Gasteiger partial charge < -0.3 is 38.7 Å². The summed E-state index contributed by atoms with van der Waals surface area (Å²) < 4.78 is 33.3. The summed E-state index contributed by atoms with van der Waals surface area (Å²) in [4.78, 5) is 45.6. The first-order valence-corrected chi connectivity index (χ1v) is 29.4. The number of carbonyl (C=O) groups is 2. The molecule has 3 aliphatic heterocycles. The van der Waals surface area contributed by atoms with E-state index in [1.54, 1.807) is 19.1 Å². The monoisotopic (exact) mass is 1090 g/mol. The summed E-state index contributed by atoms with van der Waals surface area (Å²) in [7, 11) is 1.51. The fourth-order valence-corrected chi connectivity index (χ4v) is 15.4. The van der Waals surface area contributed by atoms with Crippen molar-refractivity contribution in [3.63, 3.8) is 0 Å². The van der Waals surface area contributed by atoms with Gasteiger partial charge in [-0.3, -0.25) is 4.79 Å². The van der Waals surface area contributed by atoms with Gasteiger partial charge in [-0.2, -0.15) is 0 Å². The summed E-state index contributed by atoms with van der Waals surface area (Å²) in [6, 6.07) is 40.4. The number of hydrogen-bond acceptors (Lipinski definition) is 11. The van der Waals surface area contributed by atoms with Gasteiger partial charge >= 0.3 is 17.6 Å². The standard InChI is InChI=1S/C70H74O11/c1-42(39-72)54-26-20-43-18-21-45(22-19-43)55-27-25-47(46-13-11-16-52(35-46)70(31-9-10-32-70)51-14-5-4-6-15-51)34-50(55)37-61(74)78-65-63-60(29-28-57-59(40-73)62(68(76)79-64(57)63)49(30-33-71)41-77-3)81-69(2,66(65)80-67(54)75)53-36-48-24-23-44-12-7-8-17-56(44)58(48)38-53/h4-8,11-19,21-25,27-29,35,47-50,53,55,58,65-66,71-73H,9-10,20,26,30-34,36-41H2,1-3H3/b54-42-/t47-,48-,49+,50+,53+,55-,58+,65+,66-,69-/m0/s1. The minimum Gasteiger partial charge on any atom is -0.483 e. The lowest BCUT2D eigenvalue weighted by molar-refractivity contribution is -0.199. The number of carbonyl (C=O) groups excluding carboxylic acids is 2. The van der Waals surface area contributed by atoms with E-state index in [9.17, 15) is 20.1 Å². The Morgan fingerprint density at radius 1 is 0.790 bits per heavy atom. The van der Waals surface area contributed by atoms with Crippen molar-refractivity contribution in [2.75, 3.05) is 26.9 Å². The van der Waals surface area contributed by atoms with Crippen LogP contribution in [0.25, 0.3) is 17.0 Å². The second-order valence-electron chi connectivity index (χ2n) is 24.1. The van der Waals surface area contributed by atoms with Gasteiger partial charge in [0.05, 0.1) is 25.4 Å². The zero-order chi connectivity index (χ0) is 56.0. The molecule has 0 unspecified atom stereocenters. The number of methoxy groups -OCH3 is 1. The van der Waals surface area contributed by atoms with Crippen LogP contribution in [0.1, 0.15) is 163 Å². The lowest BCUT2D eigenvalue weighted by Crippen LogP contribution is -2.58. The number of rotatable bonds is 11. The molecule has 420 valence electrons. The van der Waals surface area contributed by atoms with Crippen LogP contribution in [0.3, 0.4) is 0 Å². The molecule has 11 heteroatoms. The number of esters is 2. The van der Waals surface area contributed by atoms with Gasteiger partial charge in [0.2, 0.25) is 0 Å². The van der Waals surface area contributed by atoms with Crippen LogP contribution in [-0.4, -0.2) is 65.9 Å². The molecular weight excluding hydrogens is 1020 g/mol. The van der Waals surface area contributed by atoms with E-state index in [-0.39, 0.29) is 102 Å². The highest BCUT2D eigenvalue weighted by atomic mass is 16.6. The normalized spacial score (nSPS) is 27.7. The van der Waals surface area contributed by atoms with Crippen molar-refractivity contribution in [1.29, 1.82) is 0 Å². The van der Waals surface area contributed by atoms with E-state index < -0.39 is 47.9 Å². The summed E-state index contributed by atoms with van der Waals surface area (Å²) in [6.07, 6.45) is 13.8. The summed E-state index contributed by atoms with van der Waals surface area (Å²) in [5, 5.41) is 32.4. The lowest BCUT2D eigenvalue weighted by atomic mass is 9.70. The molecule has 0 radical (unpaired) electrons. The van der Waals surface area contributed by atoms with Gasteiger partial charge in [0.25, 0.3) is 0 Å². The van der Waals surface area contributed by atoms with Crippen molar-refractivity contribution in [1.82, 2.24) is 0 Å². The van der Waals surface area contributed by atoms with Crippen molar-refractivity contribution in [2.24, 2.45) is 17.8 Å². The summed E-state index contributed by atoms with van der Waals surface area (Å²) in [6.45, 7) is 2.60. The van der Waals surface area contributed by atoms with Crippen LogP contribution in [0.2, 0.25) is 0 Å². The van der Waals surface area contributed by atoms with Gasteiger partial charge in [0, 0.05) is 65.7 Å². The second-order valence-corrected chi connectivity index (χ2v) is 24.1. The van der Waals surface area contributed by atoms with E-state index in [1.807, 2.05) is 13.0 Å². The van der Waals surface area contributed by atoms with Crippen LogP contribution in [-0.2, 0) is 42.2 Å². The van der Waals surface area contributed by atoms with E-state index in [0.29, 0.717) is 48.0 Å². The molecule has 1 aromatic heterocycles. The zero-order valence-corrected chi connectivity index (χ0v) is 46.7. The molecule has 0 spiro atoms. The van der Waals surface area contributed by atoms with Crippen LogP contribution < -0.4 is 10.4 Å². The summed E-state index contributed by atoms with van der Waals surface area (Å²) in [5.41, 5.74) is 7.69. The molecule has 7 aliphatic rings. The lowest BCUT2D eigenvalue weighted by Gasteiger charge is -2.48. The fourth-order valence-electron chi connectivity index (χ4n) is 15.4. The van der Waals surface area contributed by atoms with Crippen molar-refractivity contribution in [2.45, 2.75) is 138 Å². The van der Waals surface area contributed by atoms with Gasteiger partial charge in [0.1, 0.15) is 16.9 Å². The van der Waals surface area contributed by atoms with Gasteiger partial charge in [-0.1, -0.05) is 140 Å². The smallest absolute Gasteiger partial charge is 0.340 e. The van der Waals surface area contributed by atoms with E-state index in [0.717, 1.165) is 29.5 Å². The Hall–Kier alpha value is -6.89. The van der Waals surface area contributed by atoms with Crippen molar-refractivity contribution >= 4 is 29.0 Å². The number of benzene rings is 5. The minimum atomic E-state index is -1.37. The number of allylic oxidation sites excluding steroid dienone is 3. The Balaban J connectivity index is 0.997. The molecule has 10 atom stereocenters. The molecular formula is C70H74O11. The maximum Gasteiger partial charge on any atom is 0.340 e.